The van der Waals surface area contributed by atoms with Crippen molar-refractivity contribution in [3.63, 3.8) is 0 Å². The Hall–Kier alpha value is -2.66. The van der Waals surface area contributed by atoms with Gasteiger partial charge in [0.2, 0.25) is 0 Å². The lowest BCUT2D eigenvalue weighted by atomic mass is 9.97. The minimum absolute atomic E-state index is 0.0731. The topological polar surface area (TPSA) is 23.8 Å². The predicted octanol–water partition coefficient (Wildman–Crippen LogP) is 4.52. The van der Waals surface area contributed by atoms with E-state index in [9.17, 15) is 4.39 Å². The molecule has 0 saturated carbocycles. The molecule has 0 amide bonds. The zero-order valence-electron chi connectivity index (χ0n) is 10.1. The maximum Gasteiger partial charge on any atom is 0.141 e. The van der Waals surface area contributed by atoms with E-state index in [-0.39, 0.29) is 5.56 Å². The van der Waals surface area contributed by atoms with Crippen LogP contribution in [0, 0.1) is 17.1 Å². The fourth-order valence-corrected chi connectivity index (χ4v) is 2.25. The average Bonchev–Trinajstić information content (AvgIpc) is 2.46. The molecule has 0 radical (unpaired) electrons. The third-order valence-corrected chi connectivity index (χ3v) is 3.19. The van der Waals surface area contributed by atoms with Gasteiger partial charge in [0.1, 0.15) is 11.9 Å². The summed E-state index contributed by atoms with van der Waals surface area (Å²) in [5.74, 6) is -0.479. The van der Waals surface area contributed by atoms with Crippen LogP contribution in [0.5, 0.6) is 0 Å². The molecule has 0 aliphatic heterocycles. The summed E-state index contributed by atoms with van der Waals surface area (Å²) in [5, 5.41) is 11.0. The third-order valence-electron chi connectivity index (χ3n) is 3.19. The number of fused-ring (bicyclic) bond motifs is 1. The van der Waals surface area contributed by atoms with Gasteiger partial charge in [0, 0.05) is 0 Å². The van der Waals surface area contributed by atoms with Gasteiger partial charge in [-0.2, -0.15) is 5.26 Å². The van der Waals surface area contributed by atoms with Crippen molar-refractivity contribution in [3.8, 4) is 17.2 Å². The SMILES string of the molecule is N#Cc1ccc(-c2cccc3ccccc23)cc1F. The van der Waals surface area contributed by atoms with E-state index in [1.807, 2.05) is 48.5 Å². The highest BCUT2D eigenvalue weighted by Gasteiger charge is 2.07. The number of halogens is 1. The zero-order chi connectivity index (χ0) is 13.2. The maximum atomic E-state index is 13.7. The minimum atomic E-state index is -0.479. The number of rotatable bonds is 1. The zero-order valence-corrected chi connectivity index (χ0v) is 10.1. The van der Waals surface area contributed by atoms with E-state index >= 15 is 0 Å². The summed E-state index contributed by atoms with van der Waals surface area (Å²) in [5.41, 5.74) is 1.83. The van der Waals surface area contributed by atoms with Crippen molar-refractivity contribution in [2.75, 3.05) is 0 Å². The van der Waals surface area contributed by atoms with Gasteiger partial charge in [0.15, 0.2) is 0 Å². The molecule has 0 unspecified atom stereocenters. The number of nitrogens with zero attached hydrogens (tertiary/aromatic N) is 1. The van der Waals surface area contributed by atoms with E-state index in [2.05, 4.69) is 0 Å². The second-order valence-corrected chi connectivity index (χ2v) is 4.33. The first-order valence-corrected chi connectivity index (χ1v) is 5.97. The second kappa shape index (κ2) is 4.55. The van der Waals surface area contributed by atoms with Crippen LogP contribution in [0.4, 0.5) is 4.39 Å². The Kier molecular flexibility index (Phi) is 2.74. The van der Waals surface area contributed by atoms with Crippen LogP contribution >= 0.6 is 0 Å². The van der Waals surface area contributed by atoms with Gasteiger partial charge in [-0.3, -0.25) is 0 Å². The van der Waals surface area contributed by atoms with Gasteiger partial charge < -0.3 is 0 Å². The Morgan fingerprint density at radius 1 is 0.895 bits per heavy atom. The lowest BCUT2D eigenvalue weighted by Gasteiger charge is -2.07. The standard InChI is InChI=1S/C17H10FN/c18-17-10-13(8-9-14(17)11-19)16-7-3-5-12-4-1-2-6-15(12)16/h1-10H. The minimum Gasteiger partial charge on any atom is -0.206 e. The molecule has 0 aliphatic rings. The molecule has 0 aromatic heterocycles. The van der Waals surface area contributed by atoms with Crippen molar-refractivity contribution >= 4 is 10.8 Å². The summed E-state index contributed by atoms with van der Waals surface area (Å²) in [6, 6.07) is 20.5. The Morgan fingerprint density at radius 3 is 2.47 bits per heavy atom. The van der Waals surface area contributed by atoms with Crippen molar-refractivity contribution in [3.05, 3.63) is 72.0 Å². The van der Waals surface area contributed by atoms with E-state index < -0.39 is 5.82 Å². The summed E-state index contributed by atoms with van der Waals surface area (Å²) in [6.45, 7) is 0. The summed E-state index contributed by atoms with van der Waals surface area (Å²) in [6.07, 6.45) is 0. The third kappa shape index (κ3) is 1.96. The van der Waals surface area contributed by atoms with Crippen LogP contribution in [-0.2, 0) is 0 Å². The van der Waals surface area contributed by atoms with E-state index in [1.165, 1.54) is 12.1 Å². The molecule has 0 atom stereocenters. The van der Waals surface area contributed by atoms with Gasteiger partial charge in [0.05, 0.1) is 5.56 Å². The fourth-order valence-electron chi connectivity index (χ4n) is 2.25. The molecule has 0 heterocycles. The van der Waals surface area contributed by atoms with Crippen molar-refractivity contribution in [2.45, 2.75) is 0 Å². The first-order valence-electron chi connectivity index (χ1n) is 5.97. The molecular formula is C17H10FN. The van der Waals surface area contributed by atoms with Crippen LogP contribution in [0.15, 0.2) is 60.7 Å². The molecule has 2 heteroatoms. The molecule has 3 aromatic carbocycles. The number of hydrogen-bond acceptors (Lipinski definition) is 1. The molecule has 90 valence electrons. The summed E-state index contributed by atoms with van der Waals surface area (Å²) in [4.78, 5) is 0. The molecule has 0 bridgehead atoms. The smallest absolute Gasteiger partial charge is 0.141 e. The average molecular weight is 247 g/mol. The van der Waals surface area contributed by atoms with Crippen molar-refractivity contribution in [1.29, 1.82) is 5.26 Å². The predicted molar refractivity (Wildman–Crippen MR) is 74.1 cm³/mol. The first-order chi connectivity index (χ1) is 9.29. The summed E-state index contributed by atoms with van der Waals surface area (Å²) < 4.78 is 13.7. The molecule has 0 N–H and O–H groups in total. The van der Waals surface area contributed by atoms with Crippen molar-refractivity contribution in [2.24, 2.45) is 0 Å². The van der Waals surface area contributed by atoms with E-state index in [4.69, 9.17) is 5.26 Å². The Labute approximate surface area is 110 Å². The highest BCUT2D eigenvalue weighted by Crippen LogP contribution is 2.29. The van der Waals surface area contributed by atoms with Gasteiger partial charge in [-0.05, 0) is 34.0 Å². The highest BCUT2D eigenvalue weighted by molar-refractivity contribution is 5.96. The Bertz CT molecular complexity index is 794. The molecule has 3 rings (SSSR count). The van der Waals surface area contributed by atoms with E-state index in [0.29, 0.717) is 0 Å². The van der Waals surface area contributed by atoms with Crippen LogP contribution in [0.2, 0.25) is 0 Å². The normalized spacial score (nSPS) is 10.3. The lowest BCUT2D eigenvalue weighted by molar-refractivity contribution is 0.624. The molecule has 0 aliphatic carbocycles. The molecule has 0 spiro atoms. The molecule has 1 nitrogen and oxygen atoms in total. The number of benzene rings is 3. The van der Waals surface area contributed by atoms with Gasteiger partial charge >= 0.3 is 0 Å². The lowest BCUT2D eigenvalue weighted by Crippen LogP contribution is -1.86. The Balaban J connectivity index is 2.25. The van der Waals surface area contributed by atoms with Crippen molar-refractivity contribution < 1.29 is 4.39 Å². The molecule has 0 saturated heterocycles. The molecule has 19 heavy (non-hydrogen) atoms. The van der Waals surface area contributed by atoms with Crippen LogP contribution in [0.1, 0.15) is 5.56 Å². The van der Waals surface area contributed by atoms with Gasteiger partial charge in [-0.1, -0.05) is 48.5 Å². The maximum absolute atomic E-state index is 13.7. The van der Waals surface area contributed by atoms with E-state index in [0.717, 1.165) is 21.9 Å². The largest absolute Gasteiger partial charge is 0.206 e. The second-order valence-electron chi connectivity index (χ2n) is 4.33. The van der Waals surface area contributed by atoms with Crippen LogP contribution in [0.25, 0.3) is 21.9 Å². The quantitative estimate of drug-likeness (QED) is 0.620. The van der Waals surface area contributed by atoms with Crippen molar-refractivity contribution in [1.82, 2.24) is 0 Å². The molecule has 0 fully saturated rings. The van der Waals surface area contributed by atoms with Gasteiger partial charge in [0.25, 0.3) is 0 Å². The first kappa shape index (κ1) is 11.4. The van der Waals surface area contributed by atoms with Gasteiger partial charge in [-0.25, -0.2) is 4.39 Å². The highest BCUT2D eigenvalue weighted by atomic mass is 19.1. The molecular weight excluding hydrogens is 237 g/mol. The van der Waals surface area contributed by atoms with Crippen LogP contribution in [0.3, 0.4) is 0 Å². The Morgan fingerprint density at radius 2 is 1.68 bits per heavy atom. The molecule has 3 aromatic rings. The van der Waals surface area contributed by atoms with E-state index in [1.54, 1.807) is 6.07 Å². The monoisotopic (exact) mass is 247 g/mol. The summed E-state index contributed by atoms with van der Waals surface area (Å²) in [7, 11) is 0. The van der Waals surface area contributed by atoms with Crippen LogP contribution < -0.4 is 0 Å². The number of nitriles is 1. The fraction of sp³-hybridized carbons (Fsp3) is 0. The van der Waals surface area contributed by atoms with Gasteiger partial charge in [-0.15, -0.1) is 0 Å². The van der Waals surface area contributed by atoms with Crippen LogP contribution in [-0.4, -0.2) is 0 Å². The number of hydrogen-bond donors (Lipinski definition) is 0. The summed E-state index contributed by atoms with van der Waals surface area (Å²) >= 11 is 0.